The number of phosphoric ester groups is 2. The van der Waals surface area contributed by atoms with E-state index in [0.29, 0.717) is 25.7 Å². The summed E-state index contributed by atoms with van der Waals surface area (Å²) in [5, 5.41) is 10.6. The normalized spacial score (nSPS) is 14.4. The van der Waals surface area contributed by atoms with Crippen molar-refractivity contribution in [2.75, 3.05) is 39.6 Å². The number of aliphatic hydroxyl groups is 1. The Morgan fingerprint density at radius 3 is 0.800 bits per heavy atom. The van der Waals surface area contributed by atoms with Crippen LogP contribution >= 0.6 is 15.6 Å². The van der Waals surface area contributed by atoms with Gasteiger partial charge in [0.25, 0.3) is 0 Å². The zero-order valence-electron chi connectivity index (χ0n) is 63.1. The number of allylic oxidation sites excluding steroid dienone is 16. The lowest BCUT2D eigenvalue weighted by atomic mass is 10.1. The number of aliphatic hydroxyl groups excluding tert-OH is 1. The van der Waals surface area contributed by atoms with E-state index in [-0.39, 0.29) is 25.7 Å². The predicted octanol–water partition coefficient (Wildman–Crippen LogP) is 22.8. The predicted molar refractivity (Wildman–Crippen MR) is 409 cm³/mol. The van der Waals surface area contributed by atoms with Gasteiger partial charge >= 0.3 is 39.5 Å². The smallest absolute Gasteiger partial charge is 0.462 e. The molecule has 578 valence electrons. The van der Waals surface area contributed by atoms with Gasteiger partial charge in [0.05, 0.1) is 26.4 Å². The van der Waals surface area contributed by atoms with E-state index in [9.17, 15) is 43.2 Å². The van der Waals surface area contributed by atoms with E-state index in [1.807, 2.05) is 0 Å². The zero-order chi connectivity index (χ0) is 73.2. The van der Waals surface area contributed by atoms with Crippen molar-refractivity contribution in [2.45, 2.75) is 354 Å². The molecule has 17 nitrogen and oxygen atoms in total. The van der Waals surface area contributed by atoms with Crippen LogP contribution in [0.15, 0.2) is 97.2 Å². The Morgan fingerprint density at radius 2 is 0.520 bits per heavy atom. The molecule has 100 heavy (non-hydrogen) atoms. The van der Waals surface area contributed by atoms with Crippen LogP contribution in [0.1, 0.15) is 336 Å². The van der Waals surface area contributed by atoms with Gasteiger partial charge in [-0.25, -0.2) is 9.13 Å². The summed E-state index contributed by atoms with van der Waals surface area (Å²) in [7, 11) is -9.95. The van der Waals surface area contributed by atoms with E-state index in [1.165, 1.54) is 83.5 Å². The third-order valence-corrected chi connectivity index (χ3v) is 18.5. The van der Waals surface area contributed by atoms with Crippen LogP contribution in [0.4, 0.5) is 0 Å². The Morgan fingerprint density at radius 1 is 0.290 bits per heavy atom. The molecule has 0 aliphatic carbocycles. The Hall–Kier alpha value is -4.02. The summed E-state index contributed by atoms with van der Waals surface area (Å²) in [5.41, 5.74) is 0. The maximum Gasteiger partial charge on any atom is 0.472 e. The van der Waals surface area contributed by atoms with Gasteiger partial charge in [-0.15, -0.1) is 0 Å². The molecule has 0 aliphatic heterocycles. The fourth-order valence-corrected chi connectivity index (χ4v) is 12.2. The van der Waals surface area contributed by atoms with Crippen LogP contribution in [0.2, 0.25) is 0 Å². The molecule has 0 rings (SSSR count). The summed E-state index contributed by atoms with van der Waals surface area (Å²) >= 11 is 0. The fourth-order valence-electron chi connectivity index (χ4n) is 10.6. The molecule has 0 amide bonds. The monoisotopic (exact) mass is 1450 g/mol. The van der Waals surface area contributed by atoms with Crippen LogP contribution in [0, 0.1) is 0 Å². The lowest BCUT2D eigenvalue weighted by Gasteiger charge is -2.21. The van der Waals surface area contributed by atoms with Gasteiger partial charge < -0.3 is 33.8 Å². The maximum absolute atomic E-state index is 13.1. The van der Waals surface area contributed by atoms with Crippen molar-refractivity contribution in [3.63, 3.8) is 0 Å². The van der Waals surface area contributed by atoms with E-state index >= 15 is 0 Å². The number of esters is 4. The first-order valence-electron chi connectivity index (χ1n) is 39.5. The number of phosphoric acid groups is 2. The van der Waals surface area contributed by atoms with Gasteiger partial charge in [0.15, 0.2) is 12.2 Å². The Kier molecular flexibility index (Phi) is 70.4. The van der Waals surface area contributed by atoms with Crippen LogP contribution in [0.3, 0.4) is 0 Å². The van der Waals surface area contributed by atoms with Gasteiger partial charge in [-0.05, 0) is 103 Å². The van der Waals surface area contributed by atoms with Gasteiger partial charge in [0, 0.05) is 25.7 Å². The summed E-state index contributed by atoms with van der Waals surface area (Å²) in [6.07, 6.45) is 76.8. The summed E-state index contributed by atoms with van der Waals surface area (Å²) in [6, 6.07) is 0. The Labute approximate surface area is 607 Å². The van der Waals surface area contributed by atoms with E-state index < -0.39 is 97.5 Å². The van der Waals surface area contributed by atoms with E-state index in [4.69, 9.17) is 37.0 Å². The average Bonchev–Trinajstić information content (AvgIpc) is 1.06. The zero-order valence-corrected chi connectivity index (χ0v) is 64.9. The van der Waals surface area contributed by atoms with Crippen LogP contribution in [0.5, 0.6) is 0 Å². The van der Waals surface area contributed by atoms with Crippen molar-refractivity contribution >= 4 is 39.5 Å². The number of hydrogen-bond donors (Lipinski definition) is 3. The van der Waals surface area contributed by atoms with Gasteiger partial charge in [-0.1, -0.05) is 305 Å². The topological polar surface area (TPSA) is 237 Å². The molecule has 0 saturated heterocycles. The largest absolute Gasteiger partial charge is 0.472 e. The second kappa shape index (κ2) is 73.3. The molecule has 0 radical (unpaired) electrons. The SMILES string of the molecule is CC/C=C\C/C=C\C/C=C\C/C=C\CCCCCCCCC(=O)OCC(COP(=O)(O)OCC(O)COP(=O)(O)OCC(COC(=O)CCCCCCCCCCCCC)OC(=O)CCCCCCCCCCCCC)OC(=O)CCCCCCCC/C=C\C/C=C\C/C=C\C/C=C\CC. The highest BCUT2D eigenvalue weighted by atomic mass is 31.2. The molecule has 0 aromatic carbocycles. The van der Waals surface area contributed by atoms with Gasteiger partial charge in [-0.3, -0.25) is 37.3 Å². The summed E-state index contributed by atoms with van der Waals surface area (Å²) in [4.78, 5) is 72.9. The maximum atomic E-state index is 13.1. The van der Waals surface area contributed by atoms with Crippen molar-refractivity contribution < 1.29 is 80.2 Å². The lowest BCUT2D eigenvalue weighted by molar-refractivity contribution is -0.161. The van der Waals surface area contributed by atoms with Gasteiger partial charge in [0.2, 0.25) is 0 Å². The highest BCUT2D eigenvalue weighted by Gasteiger charge is 2.30. The molecule has 0 aromatic rings. The van der Waals surface area contributed by atoms with Gasteiger partial charge in [-0.2, -0.15) is 0 Å². The highest BCUT2D eigenvalue weighted by Crippen LogP contribution is 2.45. The van der Waals surface area contributed by atoms with Crippen LogP contribution in [-0.4, -0.2) is 96.7 Å². The number of hydrogen-bond acceptors (Lipinski definition) is 15. The lowest BCUT2D eigenvalue weighted by Crippen LogP contribution is -2.30. The highest BCUT2D eigenvalue weighted by molar-refractivity contribution is 7.47. The molecule has 5 atom stereocenters. The third kappa shape index (κ3) is 72.3. The molecule has 0 saturated carbocycles. The average molecular weight is 1450 g/mol. The van der Waals surface area contributed by atoms with Crippen LogP contribution in [0.25, 0.3) is 0 Å². The standard InChI is InChI=1S/C81H142O17P2/c1-5-9-13-17-21-25-29-31-33-35-37-39-41-43-47-50-54-58-62-66-79(84)92-72-77(98-81(86)68-64-60-56-52-48-44-42-40-38-36-34-32-30-26-22-18-14-10-6-2)74-96-100(89,90)94-70-75(82)69-93-99(87,88)95-73-76(97-80(85)67-63-59-55-51-46-28-24-20-16-12-8-4)71-91-78(83)65-61-57-53-49-45-27-23-19-15-11-7-3/h9-10,13-14,21-22,25-26,31-34,37-40,75-77,82H,5-8,11-12,15-20,23-24,27-30,35-36,41-74H2,1-4H3,(H,87,88)(H,89,90)/b13-9-,14-10-,25-21-,26-22-,33-31-,34-32-,39-37-,40-38-. The van der Waals surface area contributed by atoms with Crippen molar-refractivity contribution in [1.82, 2.24) is 0 Å². The van der Waals surface area contributed by atoms with Crippen molar-refractivity contribution in [2.24, 2.45) is 0 Å². The molecular formula is C81H142O17P2. The Bertz CT molecular complexity index is 2270. The first-order chi connectivity index (χ1) is 48.7. The van der Waals surface area contributed by atoms with E-state index in [2.05, 4.69) is 125 Å². The van der Waals surface area contributed by atoms with Crippen molar-refractivity contribution in [3.8, 4) is 0 Å². The van der Waals surface area contributed by atoms with E-state index in [0.717, 1.165) is 173 Å². The van der Waals surface area contributed by atoms with Crippen LogP contribution < -0.4 is 0 Å². The molecule has 3 N–H and O–H groups in total. The number of carbonyl (C=O) groups is 4. The molecule has 0 bridgehead atoms. The first-order valence-corrected chi connectivity index (χ1v) is 42.5. The molecule has 5 unspecified atom stereocenters. The molecule has 0 heterocycles. The molecular weight excluding hydrogens is 1310 g/mol. The Balaban J connectivity index is 5.33. The summed E-state index contributed by atoms with van der Waals surface area (Å²) < 4.78 is 68.5. The number of carbonyl (C=O) groups excluding carboxylic acids is 4. The van der Waals surface area contributed by atoms with Crippen LogP contribution in [-0.2, 0) is 65.4 Å². The van der Waals surface area contributed by atoms with Crippen molar-refractivity contribution in [1.29, 1.82) is 0 Å². The second-order valence-corrected chi connectivity index (χ2v) is 29.2. The van der Waals surface area contributed by atoms with Gasteiger partial charge in [0.1, 0.15) is 19.3 Å². The first kappa shape index (κ1) is 96.0. The molecule has 0 aliphatic rings. The minimum Gasteiger partial charge on any atom is -0.462 e. The number of ether oxygens (including phenoxy) is 4. The van der Waals surface area contributed by atoms with Crippen molar-refractivity contribution in [3.05, 3.63) is 97.2 Å². The molecule has 0 fully saturated rings. The fraction of sp³-hybridized carbons (Fsp3) is 0.753. The number of unbranched alkanes of at least 4 members (excludes halogenated alkanes) is 32. The molecule has 0 spiro atoms. The third-order valence-electron chi connectivity index (χ3n) is 16.6. The minimum atomic E-state index is -4.98. The molecule has 19 heteroatoms. The summed E-state index contributed by atoms with van der Waals surface area (Å²) in [6.45, 7) is 4.64. The number of rotatable bonds is 74. The quantitative estimate of drug-likeness (QED) is 0.0169. The minimum absolute atomic E-state index is 0.0754. The second-order valence-electron chi connectivity index (χ2n) is 26.3. The summed E-state index contributed by atoms with van der Waals surface area (Å²) in [5.74, 6) is -2.18. The van der Waals surface area contributed by atoms with E-state index in [1.54, 1.807) is 0 Å². The molecule has 0 aromatic heterocycles.